The predicted octanol–water partition coefficient (Wildman–Crippen LogP) is 2.72. The fourth-order valence-corrected chi connectivity index (χ4v) is 4.21. The van der Waals surface area contributed by atoms with Crippen molar-refractivity contribution in [3.63, 3.8) is 0 Å². The number of aromatic nitrogens is 1. The average molecular weight is 343 g/mol. The van der Waals surface area contributed by atoms with Gasteiger partial charge in [-0.05, 0) is 24.8 Å². The number of hydrogen-bond donors (Lipinski definition) is 1. The van der Waals surface area contributed by atoms with Gasteiger partial charge in [0, 0.05) is 21.1 Å². The Morgan fingerprint density at radius 3 is 2.90 bits per heavy atom. The van der Waals surface area contributed by atoms with Crippen LogP contribution in [0, 0.1) is 0 Å². The summed E-state index contributed by atoms with van der Waals surface area (Å²) in [5.41, 5.74) is 0.813. The molecule has 0 aliphatic rings. The number of aryl methyl sites for hydroxylation is 1. The Kier molecular flexibility index (Phi) is 6.08. The number of nitrogens with one attached hydrogen (secondary N) is 1. The number of carbonyl (C=O) groups excluding carboxylic acids is 1. The molecular formula is C14H18N2O2S3. The Labute approximate surface area is 135 Å². The van der Waals surface area contributed by atoms with E-state index in [9.17, 15) is 9.00 Å². The van der Waals surface area contributed by atoms with E-state index < -0.39 is 16.0 Å². The van der Waals surface area contributed by atoms with Crippen LogP contribution in [-0.4, -0.2) is 20.3 Å². The summed E-state index contributed by atoms with van der Waals surface area (Å²) < 4.78 is 12.2. The van der Waals surface area contributed by atoms with E-state index in [1.807, 2.05) is 29.8 Å². The quantitative estimate of drug-likeness (QED) is 0.842. The van der Waals surface area contributed by atoms with Gasteiger partial charge in [0.25, 0.3) is 0 Å². The van der Waals surface area contributed by atoms with Crippen molar-refractivity contribution in [3.05, 3.63) is 38.5 Å². The first kappa shape index (κ1) is 16.3. The highest BCUT2D eigenvalue weighted by Gasteiger charge is 2.20. The molecule has 2 aromatic rings. The maximum Gasteiger partial charge on any atom is 0.235 e. The van der Waals surface area contributed by atoms with E-state index in [0.717, 1.165) is 22.0 Å². The average Bonchev–Trinajstić information content (AvgIpc) is 3.14. The molecule has 0 aliphatic carbocycles. The summed E-state index contributed by atoms with van der Waals surface area (Å²) in [6.45, 7) is 4.24. The minimum absolute atomic E-state index is 0.173. The van der Waals surface area contributed by atoms with Crippen molar-refractivity contribution in [1.29, 1.82) is 0 Å². The molecule has 0 saturated heterocycles. The Balaban J connectivity index is 1.84. The van der Waals surface area contributed by atoms with Crippen LogP contribution in [0.3, 0.4) is 0 Å². The zero-order valence-electron chi connectivity index (χ0n) is 12.0. The van der Waals surface area contributed by atoms with Gasteiger partial charge in [-0.3, -0.25) is 9.00 Å². The summed E-state index contributed by atoms with van der Waals surface area (Å²) in [6, 6.07) is 3.91. The summed E-state index contributed by atoms with van der Waals surface area (Å²) >= 11 is 3.17. The van der Waals surface area contributed by atoms with Gasteiger partial charge in [-0.25, -0.2) is 4.98 Å². The van der Waals surface area contributed by atoms with Crippen molar-refractivity contribution in [3.8, 4) is 0 Å². The Bertz CT molecular complexity index is 608. The van der Waals surface area contributed by atoms with Crippen LogP contribution in [-0.2, 0) is 34.3 Å². The first-order valence-electron chi connectivity index (χ1n) is 6.70. The van der Waals surface area contributed by atoms with Gasteiger partial charge < -0.3 is 5.32 Å². The molecule has 0 aliphatic heterocycles. The monoisotopic (exact) mass is 342 g/mol. The molecule has 0 bridgehead atoms. The van der Waals surface area contributed by atoms with Crippen molar-refractivity contribution in [2.75, 3.05) is 0 Å². The Morgan fingerprint density at radius 1 is 1.48 bits per heavy atom. The van der Waals surface area contributed by atoms with Crippen LogP contribution in [0.15, 0.2) is 22.9 Å². The third kappa shape index (κ3) is 4.72. The maximum atomic E-state index is 12.2. The summed E-state index contributed by atoms with van der Waals surface area (Å²) in [7, 11) is -1.25. The largest absolute Gasteiger partial charge is 0.350 e. The van der Waals surface area contributed by atoms with Crippen molar-refractivity contribution in [2.45, 2.75) is 37.8 Å². The van der Waals surface area contributed by atoms with Gasteiger partial charge in [0.2, 0.25) is 5.91 Å². The van der Waals surface area contributed by atoms with Crippen LogP contribution >= 0.6 is 22.7 Å². The molecule has 0 fully saturated rings. The highest BCUT2D eigenvalue weighted by atomic mass is 32.2. The van der Waals surface area contributed by atoms with Crippen LogP contribution in [0.25, 0.3) is 0 Å². The second-order valence-corrected chi connectivity index (χ2v) is 8.28. The van der Waals surface area contributed by atoms with Crippen molar-refractivity contribution in [2.24, 2.45) is 0 Å². The SMILES string of the molecule is CCc1nc(C[S@](=O)[C@@H](C)C(=O)NCc2cccs2)cs1. The lowest BCUT2D eigenvalue weighted by Gasteiger charge is -2.10. The van der Waals surface area contributed by atoms with E-state index >= 15 is 0 Å². The molecule has 0 unspecified atom stereocenters. The molecule has 7 heteroatoms. The maximum absolute atomic E-state index is 12.2. The lowest BCUT2D eigenvalue weighted by molar-refractivity contribution is -0.120. The van der Waals surface area contributed by atoms with E-state index in [1.54, 1.807) is 29.6 Å². The first-order valence-corrected chi connectivity index (χ1v) is 9.84. The highest BCUT2D eigenvalue weighted by Crippen LogP contribution is 2.14. The second-order valence-electron chi connectivity index (χ2n) is 4.55. The van der Waals surface area contributed by atoms with Crippen LogP contribution in [0.5, 0.6) is 0 Å². The number of thiophene rings is 1. The van der Waals surface area contributed by atoms with Crippen LogP contribution < -0.4 is 5.32 Å². The number of rotatable bonds is 7. The van der Waals surface area contributed by atoms with Crippen LogP contribution in [0.2, 0.25) is 0 Å². The third-order valence-electron chi connectivity index (χ3n) is 2.97. The Hall–Kier alpha value is -1.05. The number of hydrogen-bond acceptors (Lipinski definition) is 5. The minimum atomic E-state index is -1.25. The Morgan fingerprint density at radius 2 is 2.29 bits per heavy atom. The number of carbonyl (C=O) groups is 1. The van der Waals surface area contributed by atoms with Gasteiger partial charge in [-0.15, -0.1) is 22.7 Å². The first-order chi connectivity index (χ1) is 10.1. The molecule has 1 N–H and O–H groups in total. The fourth-order valence-electron chi connectivity index (χ4n) is 1.70. The number of thiazole rings is 1. The van der Waals surface area contributed by atoms with Gasteiger partial charge >= 0.3 is 0 Å². The van der Waals surface area contributed by atoms with Gasteiger partial charge in [-0.2, -0.15) is 0 Å². The third-order valence-corrected chi connectivity index (χ3v) is 6.47. The molecule has 114 valence electrons. The zero-order valence-corrected chi connectivity index (χ0v) is 14.4. The minimum Gasteiger partial charge on any atom is -0.350 e. The standard InChI is InChI=1S/C14H18N2O2S3/c1-3-13-16-11(8-20-13)9-21(18)10(2)14(17)15-7-12-5-4-6-19-12/h4-6,8,10H,3,7,9H2,1-2H3,(H,15,17)/t10-,21-/m0/s1. The van der Waals surface area contributed by atoms with E-state index in [1.165, 1.54) is 0 Å². The summed E-state index contributed by atoms with van der Waals surface area (Å²) in [4.78, 5) is 17.5. The zero-order chi connectivity index (χ0) is 15.2. The van der Waals surface area contributed by atoms with Crippen LogP contribution in [0.4, 0.5) is 0 Å². The van der Waals surface area contributed by atoms with E-state index in [2.05, 4.69) is 10.3 Å². The summed E-state index contributed by atoms with van der Waals surface area (Å²) in [5.74, 6) is 0.164. The molecule has 1 amide bonds. The number of nitrogens with zero attached hydrogens (tertiary/aromatic N) is 1. The fraction of sp³-hybridized carbons (Fsp3) is 0.429. The normalized spacial score (nSPS) is 13.8. The van der Waals surface area contributed by atoms with Crippen molar-refractivity contribution in [1.82, 2.24) is 10.3 Å². The second kappa shape index (κ2) is 7.82. The van der Waals surface area contributed by atoms with E-state index in [-0.39, 0.29) is 5.91 Å². The summed E-state index contributed by atoms with van der Waals surface area (Å²) in [6.07, 6.45) is 0.883. The van der Waals surface area contributed by atoms with Crippen molar-refractivity contribution >= 4 is 39.4 Å². The number of amides is 1. The summed E-state index contributed by atoms with van der Waals surface area (Å²) in [5, 5.41) is 7.23. The molecular weight excluding hydrogens is 324 g/mol. The predicted molar refractivity (Wildman–Crippen MR) is 89.0 cm³/mol. The molecule has 0 saturated carbocycles. The van der Waals surface area contributed by atoms with Gasteiger partial charge in [-0.1, -0.05) is 13.0 Å². The van der Waals surface area contributed by atoms with Gasteiger partial charge in [0.1, 0.15) is 5.25 Å². The van der Waals surface area contributed by atoms with Gasteiger partial charge in [0.05, 0.1) is 23.0 Å². The highest BCUT2D eigenvalue weighted by molar-refractivity contribution is 7.85. The topological polar surface area (TPSA) is 59.1 Å². The van der Waals surface area contributed by atoms with Gasteiger partial charge in [0.15, 0.2) is 0 Å². The molecule has 0 aromatic carbocycles. The molecule has 2 rings (SSSR count). The van der Waals surface area contributed by atoms with E-state index in [0.29, 0.717) is 12.3 Å². The van der Waals surface area contributed by atoms with Crippen molar-refractivity contribution < 1.29 is 9.00 Å². The molecule has 21 heavy (non-hydrogen) atoms. The molecule has 2 heterocycles. The molecule has 4 nitrogen and oxygen atoms in total. The molecule has 2 aromatic heterocycles. The smallest absolute Gasteiger partial charge is 0.235 e. The molecule has 0 spiro atoms. The lowest BCUT2D eigenvalue weighted by Crippen LogP contribution is -2.35. The molecule has 2 atom stereocenters. The van der Waals surface area contributed by atoms with E-state index in [4.69, 9.17) is 0 Å². The van der Waals surface area contributed by atoms with Crippen LogP contribution in [0.1, 0.15) is 29.4 Å². The lowest BCUT2D eigenvalue weighted by atomic mass is 10.4. The molecule has 0 radical (unpaired) electrons.